The maximum atomic E-state index is 11.7. The van der Waals surface area contributed by atoms with E-state index in [4.69, 9.17) is 17.3 Å². The molecule has 5 nitrogen and oxygen atoms in total. The normalized spacial score (nSPS) is 11.8. The number of carbonyl (C=O) groups excluding carboxylic acids is 2. The number of methoxy groups -OCH3 is 1. The first-order valence-electron chi connectivity index (χ1n) is 5.44. The number of hydrogen-bond donors (Lipinski definition) is 2. The smallest absolute Gasteiger partial charge is 0.340 e. The number of carbonyl (C=O) groups is 2. The average Bonchev–Trinajstić information content (AvgIpc) is 2.38. The van der Waals surface area contributed by atoms with E-state index in [1.54, 1.807) is 13.0 Å². The van der Waals surface area contributed by atoms with E-state index < -0.39 is 12.0 Å². The van der Waals surface area contributed by atoms with E-state index in [1.165, 1.54) is 19.2 Å². The van der Waals surface area contributed by atoms with Gasteiger partial charge in [-0.1, -0.05) is 18.5 Å². The summed E-state index contributed by atoms with van der Waals surface area (Å²) in [6.45, 7) is 1.80. The van der Waals surface area contributed by atoms with Crippen LogP contribution in [-0.4, -0.2) is 25.0 Å². The second-order valence-corrected chi connectivity index (χ2v) is 4.12. The van der Waals surface area contributed by atoms with E-state index >= 15 is 0 Å². The summed E-state index contributed by atoms with van der Waals surface area (Å²) in [7, 11) is 1.26. The molecule has 0 fully saturated rings. The van der Waals surface area contributed by atoms with Crippen molar-refractivity contribution in [3.05, 3.63) is 28.8 Å². The molecule has 0 unspecified atom stereocenters. The van der Waals surface area contributed by atoms with Gasteiger partial charge >= 0.3 is 5.97 Å². The van der Waals surface area contributed by atoms with Crippen molar-refractivity contribution < 1.29 is 14.3 Å². The van der Waals surface area contributed by atoms with Gasteiger partial charge < -0.3 is 15.8 Å². The van der Waals surface area contributed by atoms with Gasteiger partial charge in [-0.2, -0.15) is 0 Å². The van der Waals surface area contributed by atoms with Gasteiger partial charge in [0.15, 0.2) is 0 Å². The minimum Gasteiger partial charge on any atom is -0.465 e. The number of halogens is 1. The first-order chi connectivity index (χ1) is 8.49. The van der Waals surface area contributed by atoms with Crippen LogP contribution in [0.5, 0.6) is 0 Å². The predicted molar refractivity (Wildman–Crippen MR) is 69.7 cm³/mol. The predicted octanol–water partition coefficient (Wildman–Crippen LogP) is 1.80. The summed E-state index contributed by atoms with van der Waals surface area (Å²) in [6, 6.07) is 3.92. The molecule has 0 heterocycles. The minimum atomic E-state index is -0.619. The van der Waals surface area contributed by atoms with Crippen LogP contribution in [0.3, 0.4) is 0 Å². The highest BCUT2D eigenvalue weighted by atomic mass is 35.5. The Morgan fingerprint density at radius 1 is 1.50 bits per heavy atom. The minimum absolute atomic E-state index is 0.196. The van der Waals surface area contributed by atoms with Gasteiger partial charge in [0.05, 0.1) is 24.4 Å². The Morgan fingerprint density at radius 2 is 2.17 bits per heavy atom. The van der Waals surface area contributed by atoms with Crippen LogP contribution in [0.2, 0.25) is 5.02 Å². The second-order valence-electron chi connectivity index (χ2n) is 3.69. The molecule has 0 saturated heterocycles. The van der Waals surface area contributed by atoms with Crippen molar-refractivity contribution in [3.8, 4) is 0 Å². The molecule has 0 aliphatic heterocycles. The van der Waals surface area contributed by atoms with E-state index in [0.29, 0.717) is 17.1 Å². The lowest BCUT2D eigenvalue weighted by molar-refractivity contribution is -0.117. The molecule has 0 aliphatic carbocycles. The first-order valence-corrected chi connectivity index (χ1v) is 5.81. The summed E-state index contributed by atoms with van der Waals surface area (Å²) in [6.07, 6.45) is 0.507. The molecular weight excluding hydrogens is 256 g/mol. The van der Waals surface area contributed by atoms with E-state index in [-0.39, 0.29) is 11.5 Å². The molecule has 3 N–H and O–H groups in total. The van der Waals surface area contributed by atoms with Crippen LogP contribution < -0.4 is 11.1 Å². The highest BCUT2D eigenvalue weighted by molar-refractivity contribution is 6.31. The fraction of sp³-hybridized carbons (Fsp3) is 0.333. The summed E-state index contributed by atoms with van der Waals surface area (Å²) in [4.78, 5) is 23.2. The van der Waals surface area contributed by atoms with Gasteiger partial charge in [-0.3, -0.25) is 4.79 Å². The number of ether oxygens (including phenoxy) is 1. The summed E-state index contributed by atoms with van der Waals surface area (Å²) < 4.78 is 4.62. The van der Waals surface area contributed by atoms with Gasteiger partial charge in [0.1, 0.15) is 0 Å². The van der Waals surface area contributed by atoms with Crippen LogP contribution in [0.15, 0.2) is 18.2 Å². The molecule has 0 aliphatic rings. The topological polar surface area (TPSA) is 81.4 Å². The molecule has 6 heteroatoms. The molecule has 98 valence electrons. The number of benzene rings is 1. The Bertz CT molecular complexity index is 463. The second kappa shape index (κ2) is 6.37. The van der Waals surface area contributed by atoms with Crippen LogP contribution in [0, 0.1) is 0 Å². The molecule has 1 aromatic carbocycles. The lowest BCUT2D eigenvalue weighted by Crippen LogP contribution is -2.35. The monoisotopic (exact) mass is 270 g/mol. The van der Waals surface area contributed by atoms with Gasteiger partial charge in [-0.25, -0.2) is 4.79 Å². The molecule has 18 heavy (non-hydrogen) atoms. The zero-order valence-corrected chi connectivity index (χ0v) is 11.0. The Kier molecular flexibility index (Phi) is 5.12. The largest absolute Gasteiger partial charge is 0.465 e. The van der Waals surface area contributed by atoms with Crippen molar-refractivity contribution in [2.45, 2.75) is 19.4 Å². The highest BCUT2D eigenvalue weighted by Gasteiger charge is 2.17. The molecule has 0 saturated carbocycles. The fourth-order valence-electron chi connectivity index (χ4n) is 1.32. The molecule has 0 spiro atoms. The van der Waals surface area contributed by atoms with Crippen molar-refractivity contribution in [2.24, 2.45) is 5.73 Å². The van der Waals surface area contributed by atoms with E-state index in [9.17, 15) is 9.59 Å². The third kappa shape index (κ3) is 3.45. The van der Waals surface area contributed by atoms with Gasteiger partial charge in [0, 0.05) is 5.02 Å². The Hall–Kier alpha value is -1.59. The lowest BCUT2D eigenvalue weighted by Gasteiger charge is -2.13. The van der Waals surface area contributed by atoms with Crippen molar-refractivity contribution in [1.29, 1.82) is 0 Å². The highest BCUT2D eigenvalue weighted by Crippen LogP contribution is 2.21. The average molecular weight is 271 g/mol. The zero-order chi connectivity index (χ0) is 13.7. The summed E-state index contributed by atoms with van der Waals surface area (Å²) in [5.74, 6) is -0.928. The van der Waals surface area contributed by atoms with Crippen LogP contribution >= 0.6 is 11.6 Å². The number of amides is 1. The Morgan fingerprint density at radius 3 is 2.72 bits per heavy atom. The van der Waals surface area contributed by atoms with Crippen molar-refractivity contribution in [2.75, 3.05) is 12.4 Å². The van der Waals surface area contributed by atoms with Crippen molar-refractivity contribution in [1.82, 2.24) is 0 Å². The Labute approximate surface area is 110 Å². The number of anilines is 1. The summed E-state index contributed by atoms with van der Waals surface area (Å²) in [5.41, 5.74) is 6.13. The van der Waals surface area contributed by atoms with Gasteiger partial charge in [-0.05, 0) is 24.6 Å². The summed E-state index contributed by atoms with van der Waals surface area (Å²) >= 11 is 5.80. The zero-order valence-electron chi connectivity index (χ0n) is 10.2. The number of hydrogen-bond acceptors (Lipinski definition) is 4. The molecule has 1 rings (SSSR count). The van der Waals surface area contributed by atoms with Gasteiger partial charge in [0.25, 0.3) is 0 Å². The standard InChI is InChI=1S/C12H15ClN2O3/c1-3-9(14)11(16)15-10-5-4-7(13)6-8(10)12(17)18-2/h4-6,9H,3,14H2,1-2H3,(H,15,16)/t9-/m1/s1. The van der Waals surface area contributed by atoms with E-state index in [2.05, 4.69) is 10.1 Å². The van der Waals surface area contributed by atoms with E-state index in [1.807, 2.05) is 0 Å². The molecule has 0 radical (unpaired) electrons. The molecular formula is C12H15ClN2O3. The van der Waals surface area contributed by atoms with Crippen LogP contribution in [0.25, 0.3) is 0 Å². The van der Waals surface area contributed by atoms with E-state index in [0.717, 1.165) is 0 Å². The van der Waals surface area contributed by atoms with Gasteiger partial charge in [-0.15, -0.1) is 0 Å². The van der Waals surface area contributed by atoms with Gasteiger partial charge in [0.2, 0.25) is 5.91 Å². The molecule has 1 aromatic rings. The van der Waals surface area contributed by atoms with Crippen molar-refractivity contribution in [3.63, 3.8) is 0 Å². The van der Waals surface area contributed by atoms with Crippen LogP contribution in [0.4, 0.5) is 5.69 Å². The van der Waals surface area contributed by atoms with Crippen molar-refractivity contribution >= 4 is 29.2 Å². The third-order valence-corrected chi connectivity index (χ3v) is 2.66. The Balaban J connectivity index is 3.01. The number of nitrogens with one attached hydrogen (secondary N) is 1. The summed E-state index contributed by atoms with van der Waals surface area (Å²) in [5, 5.41) is 2.96. The molecule has 1 atom stereocenters. The fourth-order valence-corrected chi connectivity index (χ4v) is 1.49. The number of rotatable bonds is 4. The SMILES string of the molecule is CC[C@@H](N)C(=O)Nc1ccc(Cl)cc1C(=O)OC. The molecule has 0 bridgehead atoms. The van der Waals surface area contributed by atoms with Crippen LogP contribution in [-0.2, 0) is 9.53 Å². The number of esters is 1. The number of nitrogens with two attached hydrogens (primary N) is 1. The molecule has 1 amide bonds. The maximum absolute atomic E-state index is 11.7. The first kappa shape index (κ1) is 14.5. The van der Waals surface area contributed by atoms with Crippen LogP contribution in [0.1, 0.15) is 23.7 Å². The lowest BCUT2D eigenvalue weighted by atomic mass is 10.1. The maximum Gasteiger partial charge on any atom is 0.340 e. The quantitative estimate of drug-likeness (QED) is 0.818. The molecule has 0 aromatic heterocycles. The third-order valence-electron chi connectivity index (χ3n) is 2.42.